The van der Waals surface area contributed by atoms with Gasteiger partial charge in [0, 0.05) is 0 Å². The molecule has 92 valence electrons. The molecular formula is C13H18N2O2. The third-order valence-electron chi connectivity index (χ3n) is 4.12. The first-order chi connectivity index (χ1) is 8.10. The molecule has 0 aromatic heterocycles. The number of nitrogens with zero attached hydrogens (tertiary/aromatic N) is 2. The van der Waals surface area contributed by atoms with Crippen molar-refractivity contribution < 1.29 is 9.59 Å². The Balaban J connectivity index is 3.29. The molecule has 1 aliphatic rings. The van der Waals surface area contributed by atoms with Crippen molar-refractivity contribution in [3.05, 3.63) is 12.2 Å². The zero-order valence-corrected chi connectivity index (χ0v) is 10.5. The molecule has 0 atom stereocenters. The van der Waals surface area contributed by atoms with Gasteiger partial charge >= 0.3 is 0 Å². The van der Waals surface area contributed by atoms with Crippen molar-refractivity contribution in [3.63, 3.8) is 0 Å². The lowest BCUT2D eigenvalue weighted by atomic mass is 9.63. The fourth-order valence-electron chi connectivity index (χ4n) is 2.85. The second-order valence-electron chi connectivity index (χ2n) is 4.54. The third-order valence-corrected chi connectivity index (χ3v) is 4.12. The van der Waals surface area contributed by atoms with Gasteiger partial charge in [0.15, 0.2) is 5.66 Å². The molecule has 0 saturated heterocycles. The van der Waals surface area contributed by atoms with E-state index in [9.17, 15) is 9.59 Å². The molecule has 0 amide bonds. The summed E-state index contributed by atoms with van der Waals surface area (Å²) in [6, 6.07) is 0. The van der Waals surface area contributed by atoms with Gasteiger partial charge in [-0.05, 0) is 43.1 Å². The van der Waals surface area contributed by atoms with E-state index in [1.54, 1.807) is 0 Å². The molecule has 0 spiro atoms. The van der Waals surface area contributed by atoms with Crippen molar-refractivity contribution in [2.45, 2.75) is 51.6 Å². The lowest BCUT2D eigenvalue weighted by Gasteiger charge is -2.44. The number of aliphatic imine (C=N–C) groups is 2. The summed E-state index contributed by atoms with van der Waals surface area (Å²) < 4.78 is 0. The molecule has 1 fully saturated rings. The van der Waals surface area contributed by atoms with Crippen molar-refractivity contribution in [1.29, 1.82) is 0 Å². The van der Waals surface area contributed by atoms with E-state index in [0.29, 0.717) is 6.42 Å². The molecule has 0 radical (unpaired) electrons. The Morgan fingerprint density at radius 3 is 2.12 bits per heavy atom. The Morgan fingerprint density at radius 1 is 1.18 bits per heavy atom. The van der Waals surface area contributed by atoms with Crippen LogP contribution in [0.3, 0.4) is 0 Å². The summed E-state index contributed by atoms with van der Waals surface area (Å²) in [6.07, 6.45) is 7.28. The summed E-state index contributed by atoms with van der Waals surface area (Å²) in [5.41, 5.74) is -0.444. The molecule has 0 aliphatic heterocycles. The Bertz CT molecular complexity index is 380. The van der Waals surface area contributed by atoms with Crippen LogP contribution in [0, 0.1) is 5.41 Å². The summed E-state index contributed by atoms with van der Waals surface area (Å²) in [5.74, 6) is 0. The lowest BCUT2D eigenvalue weighted by Crippen LogP contribution is -2.41. The van der Waals surface area contributed by atoms with Crippen LogP contribution in [0.4, 0.5) is 0 Å². The Morgan fingerprint density at radius 2 is 1.71 bits per heavy atom. The first kappa shape index (κ1) is 13.6. The van der Waals surface area contributed by atoms with Gasteiger partial charge in [-0.15, -0.1) is 0 Å². The van der Waals surface area contributed by atoms with Crippen molar-refractivity contribution >= 4 is 12.2 Å². The molecule has 4 heteroatoms. The Kier molecular flexibility index (Phi) is 4.17. The first-order valence-corrected chi connectivity index (χ1v) is 5.98. The van der Waals surface area contributed by atoms with Crippen LogP contribution in [0.25, 0.3) is 0 Å². The molecule has 0 aromatic rings. The van der Waals surface area contributed by atoms with E-state index in [1.807, 2.05) is 0 Å². The zero-order valence-electron chi connectivity index (χ0n) is 10.5. The van der Waals surface area contributed by atoms with Gasteiger partial charge in [0.1, 0.15) is 0 Å². The number of carbonyl (C=O) groups excluding carboxylic acids is 2. The van der Waals surface area contributed by atoms with Crippen LogP contribution in [0.15, 0.2) is 22.1 Å². The monoisotopic (exact) mass is 234 g/mol. The summed E-state index contributed by atoms with van der Waals surface area (Å²) in [5, 5.41) is 0. The summed E-state index contributed by atoms with van der Waals surface area (Å²) in [4.78, 5) is 28.6. The van der Waals surface area contributed by atoms with Crippen LogP contribution < -0.4 is 0 Å². The normalized spacial score (nSPS) is 26.8. The van der Waals surface area contributed by atoms with Gasteiger partial charge in [0.25, 0.3) is 0 Å². The van der Waals surface area contributed by atoms with Crippen LogP contribution in [-0.2, 0) is 9.59 Å². The topological polar surface area (TPSA) is 58.9 Å². The summed E-state index contributed by atoms with van der Waals surface area (Å²) in [7, 11) is 0. The van der Waals surface area contributed by atoms with Crippen LogP contribution in [0.1, 0.15) is 46.0 Å². The molecular weight excluding hydrogens is 216 g/mol. The second-order valence-corrected chi connectivity index (χ2v) is 4.54. The predicted molar refractivity (Wildman–Crippen MR) is 65.0 cm³/mol. The number of isocyanates is 2. The fourth-order valence-corrected chi connectivity index (χ4v) is 2.85. The summed E-state index contributed by atoms with van der Waals surface area (Å²) >= 11 is 0. The van der Waals surface area contributed by atoms with Crippen LogP contribution in [0.5, 0.6) is 0 Å². The van der Waals surface area contributed by atoms with Crippen molar-refractivity contribution in [2.75, 3.05) is 0 Å². The molecule has 0 unspecified atom stereocenters. The number of hydrogen-bond acceptors (Lipinski definition) is 4. The highest BCUT2D eigenvalue weighted by molar-refractivity contribution is 5.44. The highest BCUT2D eigenvalue weighted by Crippen LogP contribution is 2.51. The Labute approximate surface area is 102 Å². The molecule has 1 saturated carbocycles. The summed E-state index contributed by atoms with van der Waals surface area (Å²) in [6.45, 7) is 8.22. The van der Waals surface area contributed by atoms with Crippen molar-refractivity contribution in [3.8, 4) is 0 Å². The molecule has 1 rings (SSSR count). The average molecular weight is 234 g/mol. The molecule has 0 aromatic carbocycles. The number of rotatable bonds is 4. The maximum absolute atomic E-state index is 10.6. The van der Waals surface area contributed by atoms with Crippen LogP contribution in [0.2, 0.25) is 0 Å². The third kappa shape index (κ3) is 2.14. The number of hydrogen-bond donors (Lipinski definition) is 0. The van der Waals surface area contributed by atoms with E-state index in [2.05, 4.69) is 30.4 Å². The van der Waals surface area contributed by atoms with Gasteiger partial charge in [-0.3, -0.25) is 0 Å². The van der Waals surface area contributed by atoms with Gasteiger partial charge in [0.05, 0.1) is 0 Å². The van der Waals surface area contributed by atoms with E-state index in [0.717, 1.165) is 31.3 Å². The molecule has 0 heterocycles. The smallest absolute Gasteiger partial charge is 0.211 e. The van der Waals surface area contributed by atoms with Gasteiger partial charge < -0.3 is 0 Å². The predicted octanol–water partition coefficient (Wildman–Crippen LogP) is 2.90. The standard InChI is InChI=1S/C13H18N2O2/c1-4-12(5-2)7-6-8-13(11(12)3,14-9-16)15-10-17/h3-8H2,1-2H3. The minimum absolute atomic E-state index is 0.0844. The highest BCUT2D eigenvalue weighted by atomic mass is 16.1. The zero-order chi connectivity index (χ0) is 12.9. The molecule has 0 N–H and O–H groups in total. The average Bonchev–Trinajstić information content (AvgIpc) is 2.34. The van der Waals surface area contributed by atoms with Crippen LogP contribution in [-0.4, -0.2) is 17.8 Å². The van der Waals surface area contributed by atoms with Crippen molar-refractivity contribution in [2.24, 2.45) is 15.4 Å². The molecule has 4 nitrogen and oxygen atoms in total. The highest BCUT2D eigenvalue weighted by Gasteiger charge is 2.47. The van der Waals surface area contributed by atoms with Crippen LogP contribution >= 0.6 is 0 Å². The van der Waals surface area contributed by atoms with Crippen molar-refractivity contribution in [1.82, 2.24) is 0 Å². The maximum atomic E-state index is 10.6. The largest absolute Gasteiger partial charge is 0.237 e. The quantitative estimate of drug-likeness (QED) is 0.426. The van der Waals surface area contributed by atoms with E-state index in [4.69, 9.17) is 0 Å². The van der Waals surface area contributed by atoms with E-state index < -0.39 is 5.66 Å². The minimum Gasteiger partial charge on any atom is -0.211 e. The minimum atomic E-state index is -1.12. The Hall–Kier alpha value is -1.50. The fraction of sp³-hybridized carbons (Fsp3) is 0.692. The van der Waals surface area contributed by atoms with E-state index in [1.165, 1.54) is 12.2 Å². The van der Waals surface area contributed by atoms with Gasteiger partial charge in [0.2, 0.25) is 12.2 Å². The molecule has 0 bridgehead atoms. The van der Waals surface area contributed by atoms with Gasteiger partial charge in [-0.25, -0.2) is 9.59 Å². The van der Waals surface area contributed by atoms with E-state index in [-0.39, 0.29) is 5.41 Å². The second kappa shape index (κ2) is 5.22. The first-order valence-electron chi connectivity index (χ1n) is 5.98. The van der Waals surface area contributed by atoms with E-state index >= 15 is 0 Å². The van der Waals surface area contributed by atoms with Gasteiger partial charge in [-0.1, -0.05) is 20.4 Å². The molecule has 1 aliphatic carbocycles. The maximum Gasteiger partial charge on any atom is 0.237 e. The SMILES string of the molecule is C=C1C(CC)(CC)CCCC1(N=C=O)N=C=O. The lowest BCUT2D eigenvalue weighted by molar-refractivity contribution is 0.199. The molecule has 17 heavy (non-hydrogen) atoms. The van der Waals surface area contributed by atoms with Gasteiger partial charge in [-0.2, -0.15) is 9.98 Å².